The fourth-order valence-corrected chi connectivity index (χ4v) is 4.65. The van der Waals surface area contributed by atoms with E-state index in [9.17, 15) is 9.59 Å². The van der Waals surface area contributed by atoms with Crippen LogP contribution in [0.5, 0.6) is 0 Å². The smallest absolute Gasteiger partial charge is 0.263 e. The Bertz CT molecular complexity index is 1050. The Labute approximate surface area is 183 Å². The molecule has 164 valence electrons. The van der Waals surface area contributed by atoms with Gasteiger partial charge in [0.2, 0.25) is 0 Å². The van der Waals surface area contributed by atoms with Gasteiger partial charge in [0.25, 0.3) is 11.6 Å². The number of Topliss-reactive ketones (excluding diaryl/α,β-unsaturated/α-hetero) is 2. The standard InChI is InChI=1S/C26H30O5/c1-23(2,3)18-13-15(14-19(22(18)28)24(4,5)6)20-21(27)16-11-9-10-12-17(16)25(29-7)26(20,30-8)31-25/h9-14H,1-8H3. The predicted molar refractivity (Wildman–Crippen MR) is 117 cm³/mol. The van der Waals surface area contributed by atoms with Crippen molar-refractivity contribution in [2.45, 2.75) is 53.1 Å². The molecule has 0 spiro atoms. The third-order valence-corrected chi connectivity index (χ3v) is 6.33. The van der Waals surface area contributed by atoms with E-state index in [1.807, 2.05) is 71.9 Å². The van der Waals surface area contributed by atoms with Crippen LogP contribution in [-0.4, -0.2) is 31.6 Å². The van der Waals surface area contributed by atoms with Crippen molar-refractivity contribution >= 4 is 11.6 Å². The molecule has 0 aromatic heterocycles. The van der Waals surface area contributed by atoms with Crippen LogP contribution in [0.2, 0.25) is 0 Å². The maximum absolute atomic E-state index is 13.8. The molecule has 5 nitrogen and oxygen atoms in total. The predicted octanol–water partition coefficient (Wildman–Crippen LogP) is 4.88. The Kier molecular flexibility index (Phi) is 4.64. The largest absolute Gasteiger partial charge is 0.345 e. The topological polar surface area (TPSA) is 65.1 Å². The minimum Gasteiger partial charge on any atom is -0.345 e. The monoisotopic (exact) mass is 422 g/mol. The van der Waals surface area contributed by atoms with Crippen molar-refractivity contribution < 1.29 is 23.8 Å². The summed E-state index contributed by atoms with van der Waals surface area (Å²) in [5, 5.41) is 0. The van der Waals surface area contributed by atoms with Crippen molar-refractivity contribution in [2.75, 3.05) is 14.2 Å². The molecule has 0 saturated carbocycles. The Balaban J connectivity index is 2.07. The first-order valence-electron chi connectivity index (χ1n) is 10.5. The van der Waals surface area contributed by atoms with Crippen molar-refractivity contribution in [3.05, 3.63) is 69.8 Å². The van der Waals surface area contributed by atoms with E-state index >= 15 is 0 Å². The van der Waals surface area contributed by atoms with Crippen molar-refractivity contribution in [2.24, 2.45) is 10.8 Å². The molecule has 4 rings (SSSR count). The van der Waals surface area contributed by atoms with Crippen molar-refractivity contribution in [1.29, 1.82) is 0 Å². The van der Waals surface area contributed by atoms with Crippen LogP contribution < -0.4 is 0 Å². The number of rotatable bonds is 2. The van der Waals surface area contributed by atoms with Crippen LogP contribution in [0.4, 0.5) is 0 Å². The number of benzene rings is 1. The normalized spacial score (nSPS) is 28.1. The van der Waals surface area contributed by atoms with Gasteiger partial charge in [-0.3, -0.25) is 14.3 Å². The van der Waals surface area contributed by atoms with E-state index in [1.165, 1.54) is 7.11 Å². The maximum Gasteiger partial charge on any atom is 0.263 e. The van der Waals surface area contributed by atoms with E-state index in [0.29, 0.717) is 33.4 Å². The van der Waals surface area contributed by atoms with Crippen LogP contribution in [0.1, 0.15) is 57.5 Å². The van der Waals surface area contributed by atoms with Gasteiger partial charge < -0.3 is 9.47 Å². The first kappa shape index (κ1) is 21.9. The molecule has 3 aliphatic rings. The molecule has 0 radical (unpaired) electrons. The lowest BCUT2D eigenvalue weighted by atomic mass is 9.70. The first-order chi connectivity index (χ1) is 14.3. The summed E-state index contributed by atoms with van der Waals surface area (Å²) >= 11 is 0. The lowest BCUT2D eigenvalue weighted by Gasteiger charge is -2.33. The molecule has 0 bridgehead atoms. The van der Waals surface area contributed by atoms with Crippen molar-refractivity contribution in [1.82, 2.24) is 0 Å². The average molecular weight is 423 g/mol. The zero-order valence-corrected chi connectivity index (χ0v) is 19.5. The number of methoxy groups -OCH3 is 2. The van der Waals surface area contributed by atoms with E-state index < -0.39 is 22.4 Å². The van der Waals surface area contributed by atoms with Gasteiger partial charge >= 0.3 is 0 Å². The van der Waals surface area contributed by atoms with E-state index in [4.69, 9.17) is 14.2 Å². The number of fused-ring (bicyclic) bond motifs is 3. The summed E-state index contributed by atoms with van der Waals surface area (Å²) in [6.45, 7) is 12.0. The minimum absolute atomic E-state index is 0.00851. The fraction of sp³-hybridized carbons (Fsp3) is 0.462. The lowest BCUT2D eigenvalue weighted by molar-refractivity contribution is -0.114. The molecule has 31 heavy (non-hydrogen) atoms. The van der Waals surface area contributed by atoms with Crippen LogP contribution in [0, 0.1) is 10.8 Å². The summed E-state index contributed by atoms with van der Waals surface area (Å²) < 4.78 is 17.8. The molecule has 0 amide bonds. The Hall–Kier alpha value is -2.34. The summed E-state index contributed by atoms with van der Waals surface area (Å²) in [5.41, 5.74) is 2.69. The zero-order valence-electron chi connectivity index (χ0n) is 19.5. The van der Waals surface area contributed by atoms with Gasteiger partial charge in [0.05, 0.1) is 5.57 Å². The fourth-order valence-electron chi connectivity index (χ4n) is 4.65. The van der Waals surface area contributed by atoms with Crippen LogP contribution in [0.3, 0.4) is 0 Å². The summed E-state index contributed by atoms with van der Waals surface area (Å²) in [6, 6.07) is 7.27. The van der Waals surface area contributed by atoms with Gasteiger partial charge in [-0.25, -0.2) is 0 Å². The highest BCUT2D eigenvalue weighted by molar-refractivity contribution is 6.17. The second-order valence-corrected chi connectivity index (χ2v) is 10.4. The van der Waals surface area contributed by atoms with Gasteiger partial charge in [-0.15, -0.1) is 0 Å². The maximum atomic E-state index is 13.8. The quantitative estimate of drug-likeness (QED) is 0.502. The lowest BCUT2D eigenvalue weighted by Crippen LogP contribution is -2.40. The number of ether oxygens (including phenoxy) is 3. The highest BCUT2D eigenvalue weighted by Gasteiger charge is 2.80. The molecule has 1 aromatic carbocycles. The number of carbonyl (C=O) groups excluding carboxylic acids is 2. The van der Waals surface area contributed by atoms with Gasteiger partial charge in [-0.05, 0) is 28.6 Å². The van der Waals surface area contributed by atoms with Gasteiger partial charge in [0.15, 0.2) is 11.6 Å². The molecule has 1 aliphatic heterocycles. The number of hydrogen-bond acceptors (Lipinski definition) is 5. The molecule has 5 heteroatoms. The van der Waals surface area contributed by atoms with Gasteiger partial charge in [-0.1, -0.05) is 65.8 Å². The Morgan fingerprint density at radius 2 is 1.29 bits per heavy atom. The number of carbonyl (C=O) groups is 2. The Morgan fingerprint density at radius 3 is 1.77 bits per heavy atom. The second-order valence-electron chi connectivity index (χ2n) is 10.4. The molecule has 2 unspecified atom stereocenters. The molecule has 1 aromatic rings. The number of hydrogen-bond donors (Lipinski definition) is 0. The summed E-state index contributed by atoms with van der Waals surface area (Å²) in [7, 11) is 3.06. The highest BCUT2D eigenvalue weighted by atomic mass is 16.9. The molecular formula is C26H30O5. The third kappa shape index (κ3) is 2.87. The molecule has 2 atom stereocenters. The first-order valence-corrected chi connectivity index (χ1v) is 10.5. The van der Waals surface area contributed by atoms with Gasteiger partial charge in [-0.2, -0.15) is 0 Å². The zero-order chi connectivity index (χ0) is 23.0. The molecule has 1 heterocycles. The number of epoxide rings is 1. The SMILES string of the molecule is COC12OC1(OC)c1ccccc1C(=O)C2=C1C=C(C(C)(C)C)C(=O)C(C(C)(C)C)=C1. The molecule has 2 aliphatic carbocycles. The van der Waals surface area contributed by atoms with Crippen LogP contribution in [0.25, 0.3) is 0 Å². The molecule has 1 fully saturated rings. The van der Waals surface area contributed by atoms with Crippen LogP contribution in [-0.2, 0) is 24.8 Å². The Morgan fingerprint density at radius 1 is 0.774 bits per heavy atom. The average Bonchev–Trinajstić information content (AvgIpc) is 3.38. The minimum atomic E-state index is -1.36. The van der Waals surface area contributed by atoms with Crippen LogP contribution in [0.15, 0.2) is 58.7 Å². The van der Waals surface area contributed by atoms with Gasteiger partial charge in [0, 0.05) is 36.5 Å². The molecule has 0 N–H and O–H groups in total. The van der Waals surface area contributed by atoms with Gasteiger partial charge in [0.1, 0.15) is 0 Å². The van der Waals surface area contributed by atoms with Crippen molar-refractivity contribution in [3.8, 4) is 0 Å². The second kappa shape index (κ2) is 6.58. The highest BCUT2D eigenvalue weighted by Crippen LogP contribution is 2.65. The van der Waals surface area contributed by atoms with E-state index in [1.54, 1.807) is 13.2 Å². The number of ketones is 2. The van der Waals surface area contributed by atoms with E-state index in [2.05, 4.69) is 0 Å². The summed E-state index contributed by atoms with van der Waals surface area (Å²) in [5.74, 6) is -2.72. The summed E-state index contributed by atoms with van der Waals surface area (Å²) in [6.07, 6.45) is 3.64. The summed E-state index contributed by atoms with van der Waals surface area (Å²) in [4.78, 5) is 27.1. The number of allylic oxidation sites excluding steroid dienone is 5. The van der Waals surface area contributed by atoms with E-state index in [-0.39, 0.29) is 11.6 Å². The molecule has 1 saturated heterocycles. The van der Waals surface area contributed by atoms with Crippen LogP contribution >= 0.6 is 0 Å². The molecular weight excluding hydrogens is 392 g/mol. The third-order valence-electron chi connectivity index (χ3n) is 6.33. The van der Waals surface area contributed by atoms with E-state index in [0.717, 1.165) is 0 Å². The van der Waals surface area contributed by atoms with Crippen molar-refractivity contribution in [3.63, 3.8) is 0 Å².